The predicted molar refractivity (Wildman–Crippen MR) is 68.5 cm³/mol. The first-order valence-electron chi connectivity index (χ1n) is 6.20. The van der Waals surface area contributed by atoms with Gasteiger partial charge in [-0.2, -0.15) is 0 Å². The molecule has 1 heterocycles. The van der Waals surface area contributed by atoms with Crippen molar-refractivity contribution in [3.8, 4) is 0 Å². The van der Waals surface area contributed by atoms with E-state index in [4.69, 9.17) is 4.74 Å². The van der Waals surface area contributed by atoms with E-state index in [1.54, 1.807) is 13.3 Å². The molecule has 0 fully saturated rings. The monoisotopic (exact) mass is 248 g/mol. The number of hydrogen-bond acceptors (Lipinski definition) is 4. The van der Waals surface area contributed by atoms with Gasteiger partial charge in [0, 0.05) is 19.7 Å². The summed E-state index contributed by atoms with van der Waals surface area (Å²) < 4.78 is 5.38. The molecule has 1 aromatic heterocycles. The van der Waals surface area contributed by atoms with Crippen LogP contribution in [-0.2, 0) is 16.8 Å². The fraction of sp³-hybridized carbons (Fsp3) is 0.643. The van der Waals surface area contributed by atoms with Crippen molar-refractivity contribution in [2.24, 2.45) is 5.41 Å². The molecule has 0 aliphatic heterocycles. The fourth-order valence-electron chi connectivity index (χ4n) is 2.21. The van der Waals surface area contributed by atoms with Crippen molar-refractivity contribution in [1.82, 2.24) is 9.97 Å². The summed E-state index contributed by atoms with van der Waals surface area (Å²) in [6.45, 7) is 8.03. The van der Waals surface area contributed by atoms with E-state index in [1.165, 1.54) is 0 Å². The van der Waals surface area contributed by atoms with E-state index in [-0.39, 0.29) is 11.2 Å². The summed E-state index contributed by atoms with van der Waals surface area (Å²) in [5.41, 5.74) is 0.975. The summed E-state index contributed by atoms with van der Waals surface area (Å²) in [7, 11) is 1.64. The van der Waals surface area contributed by atoms with Gasteiger partial charge in [-0.3, -0.25) is 4.79 Å². The van der Waals surface area contributed by atoms with Crippen molar-refractivity contribution in [2.75, 3.05) is 7.11 Å². The maximum absolute atomic E-state index is 12.0. The Kier molecular flexibility index (Phi) is 3.01. The van der Waals surface area contributed by atoms with Crippen LogP contribution in [0.4, 0.5) is 0 Å². The first kappa shape index (κ1) is 13.1. The second-order valence-electron chi connectivity index (χ2n) is 6.21. The number of carbonyl (C=O) groups excluding carboxylic acids is 1. The molecule has 98 valence electrons. The van der Waals surface area contributed by atoms with Crippen molar-refractivity contribution >= 4 is 5.78 Å². The number of ether oxygens (including phenoxy) is 1. The minimum Gasteiger partial charge on any atom is -0.371 e. The number of ketones is 1. The third-order valence-corrected chi connectivity index (χ3v) is 3.50. The van der Waals surface area contributed by atoms with Crippen molar-refractivity contribution in [1.29, 1.82) is 0 Å². The minimum absolute atomic E-state index is 0.0209. The van der Waals surface area contributed by atoms with Crippen LogP contribution < -0.4 is 0 Å². The van der Waals surface area contributed by atoms with Crippen LogP contribution in [0.15, 0.2) is 6.20 Å². The first-order chi connectivity index (χ1) is 8.25. The number of fused-ring (bicyclic) bond motifs is 1. The van der Waals surface area contributed by atoms with Crippen LogP contribution in [0.5, 0.6) is 0 Å². The van der Waals surface area contributed by atoms with E-state index >= 15 is 0 Å². The third kappa shape index (κ3) is 2.29. The van der Waals surface area contributed by atoms with Crippen LogP contribution in [-0.4, -0.2) is 22.9 Å². The molecular formula is C14H20N2O2. The van der Waals surface area contributed by atoms with E-state index < -0.39 is 5.60 Å². The Morgan fingerprint density at radius 1 is 1.33 bits per heavy atom. The molecule has 4 nitrogen and oxygen atoms in total. The van der Waals surface area contributed by atoms with E-state index in [2.05, 4.69) is 23.8 Å². The number of Topliss-reactive ketones (excluding diaryl/α,β-unsaturated/α-hetero) is 1. The maximum Gasteiger partial charge on any atom is 0.166 e. The number of rotatable bonds is 2. The second-order valence-corrected chi connectivity index (χ2v) is 6.21. The molecule has 1 aromatic rings. The molecule has 0 N–H and O–H groups in total. The van der Waals surface area contributed by atoms with Crippen LogP contribution in [0.2, 0.25) is 0 Å². The summed E-state index contributed by atoms with van der Waals surface area (Å²) in [4.78, 5) is 20.8. The van der Waals surface area contributed by atoms with Crippen molar-refractivity contribution in [2.45, 2.75) is 46.1 Å². The predicted octanol–water partition coefficient (Wildman–Crippen LogP) is 2.51. The Bertz CT molecular complexity index is 493. The number of carbonyl (C=O) groups is 1. The molecule has 4 heteroatoms. The molecule has 0 unspecified atom stereocenters. The number of nitrogens with zero attached hydrogens (tertiary/aromatic N) is 2. The van der Waals surface area contributed by atoms with Crippen LogP contribution in [0.1, 0.15) is 56.0 Å². The Hall–Kier alpha value is -1.29. The van der Waals surface area contributed by atoms with Gasteiger partial charge in [-0.1, -0.05) is 13.8 Å². The Morgan fingerprint density at radius 3 is 2.61 bits per heavy atom. The Balaban J connectivity index is 2.47. The van der Waals surface area contributed by atoms with Gasteiger partial charge in [-0.05, 0) is 25.7 Å². The molecule has 18 heavy (non-hydrogen) atoms. The van der Waals surface area contributed by atoms with Gasteiger partial charge in [0.2, 0.25) is 0 Å². The van der Waals surface area contributed by atoms with Crippen molar-refractivity contribution < 1.29 is 9.53 Å². The SMILES string of the molecule is COC(C)(C)c1ncc2c(n1)CC(C)(C)CC2=O. The van der Waals surface area contributed by atoms with Crippen molar-refractivity contribution in [3.05, 3.63) is 23.3 Å². The van der Waals surface area contributed by atoms with Gasteiger partial charge in [-0.25, -0.2) is 9.97 Å². The third-order valence-electron chi connectivity index (χ3n) is 3.50. The number of aromatic nitrogens is 2. The zero-order valence-electron chi connectivity index (χ0n) is 11.7. The lowest BCUT2D eigenvalue weighted by atomic mass is 9.76. The van der Waals surface area contributed by atoms with Gasteiger partial charge in [-0.15, -0.1) is 0 Å². The fourth-order valence-corrected chi connectivity index (χ4v) is 2.21. The summed E-state index contributed by atoms with van der Waals surface area (Å²) >= 11 is 0. The normalized spacial score (nSPS) is 18.6. The smallest absolute Gasteiger partial charge is 0.166 e. The van der Waals surface area contributed by atoms with Gasteiger partial charge in [0.05, 0.1) is 11.3 Å². The standard InChI is InChI=1S/C14H20N2O2/c1-13(2)6-10-9(11(17)7-13)8-15-12(16-10)14(3,4)18-5/h8H,6-7H2,1-5H3. The summed E-state index contributed by atoms with van der Waals surface area (Å²) in [6.07, 6.45) is 3.02. The molecule has 0 radical (unpaired) electrons. The molecule has 1 aliphatic rings. The highest BCUT2D eigenvalue weighted by Gasteiger charge is 2.34. The van der Waals surface area contributed by atoms with E-state index in [9.17, 15) is 4.79 Å². The van der Waals surface area contributed by atoms with Gasteiger partial charge in [0.15, 0.2) is 11.6 Å². The van der Waals surface area contributed by atoms with Crippen LogP contribution in [0, 0.1) is 5.41 Å². The van der Waals surface area contributed by atoms with Gasteiger partial charge >= 0.3 is 0 Å². The molecule has 0 bridgehead atoms. The largest absolute Gasteiger partial charge is 0.371 e. The Morgan fingerprint density at radius 2 is 2.00 bits per heavy atom. The molecule has 2 rings (SSSR count). The zero-order chi connectivity index (χ0) is 13.6. The van der Waals surface area contributed by atoms with Gasteiger partial charge in [0.1, 0.15) is 5.60 Å². The average molecular weight is 248 g/mol. The van der Waals surface area contributed by atoms with Crippen LogP contribution in [0.25, 0.3) is 0 Å². The summed E-state index contributed by atoms with van der Waals surface area (Å²) in [6, 6.07) is 0. The second kappa shape index (κ2) is 4.12. The quantitative estimate of drug-likeness (QED) is 0.807. The molecule has 0 amide bonds. The zero-order valence-corrected chi connectivity index (χ0v) is 11.7. The summed E-state index contributed by atoms with van der Waals surface area (Å²) in [5.74, 6) is 0.775. The maximum atomic E-state index is 12.0. The molecular weight excluding hydrogens is 228 g/mol. The lowest BCUT2D eigenvalue weighted by molar-refractivity contribution is 0.0110. The van der Waals surface area contributed by atoms with E-state index in [0.717, 1.165) is 12.1 Å². The van der Waals surface area contributed by atoms with Crippen LogP contribution in [0.3, 0.4) is 0 Å². The molecule has 1 aliphatic carbocycles. The highest BCUT2D eigenvalue weighted by atomic mass is 16.5. The average Bonchev–Trinajstić information content (AvgIpc) is 2.26. The van der Waals surface area contributed by atoms with Gasteiger partial charge < -0.3 is 4.74 Å². The van der Waals surface area contributed by atoms with E-state index in [0.29, 0.717) is 17.8 Å². The number of methoxy groups -OCH3 is 1. The van der Waals surface area contributed by atoms with Gasteiger partial charge in [0.25, 0.3) is 0 Å². The minimum atomic E-state index is -0.528. The first-order valence-corrected chi connectivity index (χ1v) is 6.20. The molecule has 0 saturated carbocycles. The lowest BCUT2D eigenvalue weighted by Gasteiger charge is -2.30. The van der Waals surface area contributed by atoms with Crippen molar-refractivity contribution in [3.63, 3.8) is 0 Å². The topological polar surface area (TPSA) is 52.1 Å². The number of hydrogen-bond donors (Lipinski definition) is 0. The van der Waals surface area contributed by atoms with E-state index in [1.807, 2.05) is 13.8 Å². The van der Waals surface area contributed by atoms with Crippen LogP contribution >= 0.6 is 0 Å². The highest BCUT2D eigenvalue weighted by Crippen LogP contribution is 2.34. The molecule has 0 aromatic carbocycles. The molecule has 0 saturated heterocycles. The lowest BCUT2D eigenvalue weighted by Crippen LogP contribution is -2.31. The summed E-state index contributed by atoms with van der Waals surface area (Å²) in [5, 5.41) is 0. The molecule has 0 spiro atoms. The molecule has 0 atom stereocenters. The highest BCUT2D eigenvalue weighted by molar-refractivity contribution is 5.98. The Labute approximate surface area is 108 Å².